The van der Waals surface area contributed by atoms with E-state index in [2.05, 4.69) is 20.7 Å². The molecule has 1 atom stereocenters. The molecule has 2 amide bonds. The predicted molar refractivity (Wildman–Crippen MR) is 75.7 cm³/mol. The molecule has 0 unspecified atom stereocenters. The van der Waals surface area contributed by atoms with Crippen molar-refractivity contribution in [2.24, 2.45) is 7.05 Å². The number of amides is 2. The van der Waals surface area contributed by atoms with Crippen molar-refractivity contribution >= 4 is 23.8 Å². The highest BCUT2D eigenvalue weighted by Crippen LogP contribution is 2.00. The van der Waals surface area contributed by atoms with E-state index < -0.39 is 18.0 Å². The van der Waals surface area contributed by atoms with Crippen LogP contribution >= 0.6 is 11.8 Å². The number of urea groups is 1. The maximum atomic E-state index is 11.6. The van der Waals surface area contributed by atoms with Crippen LogP contribution in [-0.2, 0) is 18.3 Å². The number of carboxylic acids is 1. The summed E-state index contributed by atoms with van der Waals surface area (Å²) in [5.74, 6) is 0.278. The number of carbonyl (C=O) groups excluding carboxylic acids is 1. The van der Waals surface area contributed by atoms with Gasteiger partial charge in [-0.2, -0.15) is 16.9 Å². The van der Waals surface area contributed by atoms with Crippen LogP contribution in [0.2, 0.25) is 0 Å². The summed E-state index contributed by atoms with van der Waals surface area (Å²) in [6.07, 6.45) is 4.36. The molecule has 0 fully saturated rings. The van der Waals surface area contributed by atoms with E-state index in [9.17, 15) is 9.59 Å². The van der Waals surface area contributed by atoms with Crippen molar-refractivity contribution in [3.63, 3.8) is 0 Å². The number of aromatic nitrogens is 3. The summed E-state index contributed by atoms with van der Waals surface area (Å²) >= 11 is 1.54. The zero-order valence-corrected chi connectivity index (χ0v) is 12.3. The van der Waals surface area contributed by atoms with Gasteiger partial charge in [0.15, 0.2) is 5.82 Å². The number of rotatable bonds is 8. The second kappa shape index (κ2) is 8.41. The van der Waals surface area contributed by atoms with Gasteiger partial charge in [0.25, 0.3) is 0 Å². The van der Waals surface area contributed by atoms with Gasteiger partial charge in [-0.1, -0.05) is 0 Å². The van der Waals surface area contributed by atoms with Crippen molar-refractivity contribution in [1.29, 1.82) is 0 Å². The van der Waals surface area contributed by atoms with Gasteiger partial charge in [0.1, 0.15) is 12.4 Å². The zero-order valence-electron chi connectivity index (χ0n) is 11.5. The number of aliphatic carboxylic acids is 1. The molecule has 0 saturated heterocycles. The average molecular weight is 301 g/mol. The van der Waals surface area contributed by atoms with Gasteiger partial charge in [-0.15, -0.1) is 0 Å². The number of aryl methyl sites for hydroxylation is 1. The number of carbonyl (C=O) groups is 2. The summed E-state index contributed by atoms with van der Waals surface area (Å²) in [6, 6.07) is -1.36. The van der Waals surface area contributed by atoms with Crippen LogP contribution in [0, 0.1) is 0 Å². The molecule has 0 aliphatic heterocycles. The molecule has 0 bridgehead atoms. The first-order chi connectivity index (χ1) is 9.52. The minimum atomic E-state index is -1.03. The molecule has 3 N–H and O–H groups in total. The van der Waals surface area contributed by atoms with Gasteiger partial charge in [-0.3, -0.25) is 4.68 Å². The van der Waals surface area contributed by atoms with Crippen LogP contribution in [-0.4, -0.2) is 56.5 Å². The summed E-state index contributed by atoms with van der Waals surface area (Å²) in [5.41, 5.74) is 0. The third-order valence-electron chi connectivity index (χ3n) is 2.50. The highest BCUT2D eigenvalue weighted by atomic mass is 32.2. The smallest absolute Gasteiger partial charge is 0.326 e. The standard InChI is InChI=1S/C11H19N5O3S/c1-16-7-13-9(15-16)3-5-12-11(19)14-8(10(17)18)4-6-20-2/h7-8H,3-6H2,1-2H3,(H,17,18)(H2,12,14,19)/t8-/m0/s1. The average Bonchev–Trinajstić information content (AvgIpc) is 2.80. The Kier molecular flexibility index (Phi) is 6.85. The normalized spacial score (nSPS) is 11.9. The van der Waals surface area contributed by atoms with Crippen LogP contribution in [0.3, 0.4) is 0 Å². The molecule has 112 valence electrons. The maximum absolute atomic E-state index is 11.6. The molecule has 0 saturated carbocycles. The van der Waals surface area contributed by atoms with Crippen LogP contribution in [0.1, 0.15) is 12.2 Å². The summed E-state index contributed by atoms with van der Waals surface area (Å²) in [4.78, 5) is 26.6. The molecule has 0 aliphatic carbocycles. The molecule has 8 nitrogen and oxygen atoms in total. The Morgan fingerprint density at radius 2 is 2.30 bits per heavy atom. The van der Waals surface area contributed by atoms with Crippen LogP contribution in [0.15, 0.2) is 6.33 Å². The van der Waals surface area contributed by atoms with Crippen molar-refractivity contribution in [3.8, 4) is 0 Å². The fourth-order valence-electron chi connectivity index (χ4n) is 1.49. The minimum absolute atomic E-state index is 0.352. The SMILES string of the molecule is CSCC[C@H](NC(=O)NCCc1ncn(C)n1)C(=O)O. The molecule has 1 rings (SSSR count). The van der Waals surface area contributed by atoms with Crippen LogP contribution in [0.5, 0.6) is 0 Å². The Morgan fingerprint density at radius 3 is 2.85 bits per heavy atom. The first kappa shape index (κ1) is 16.3. The van der Waals surface area contributed by atoms with Gasteiger partial charge >= 0.3 is 12.0 Å². The first-order valence-electron chi connectivity index (χ1n) is 6.13. The van der Waals surface area contributed by atoms with Gasteiger partial charge in [0.2, 0.25) is 0 Å². The van der Waals surface area contributed by atoms with E-state index in [0.717, 1.165) is 0 Å². The van der Waals surface area contributed by atoms with Gasteiger partial charge in [-0.25, -0.2) is 14.6 Å². The first-order valence-corrected chi connectivity index (χ1v) is 7.53. The molecule has 1 heterocycles. The van der Waals surface area contributed by atoms with E-state index in [-0.39, 0.29) is 0 Å². The third-order valence-corrected chi connectivity index (χ3v) is 3.14. The number of nitrogens with one attached hydrogen (secondary N) is 2. The molecular weight excluding hydrogens is 282 g/mol. The summed E-state index contributed by atoms with van der Waals surface area (Å²) < 4.78 is 1.58. The molecule has 0 aliphatic rings. The third kappa shape index (κ3) is 5.91. The lowest BCUT2D eigenvalue weighted by molar-refractivity contribution is -0.139. The highest BCUT2D eigenvalue weighted by Gasteiger charge is 2.18. The molecule has 1 aromatic rings. The van der Waals surface area contributed by atoms with Crippen LogP contribution < -0.4 is 10.6 Å². The van der Waals surface area contributed by atoms with Gasteiger partial charge in [0.05, 0.1) is 0 Å². The molecule has 0 radical (unpaired) electrons. The van der Waals surface area contributed by atoms with Gasteiger partial charge in [-0.05, 0) is 18.4 Å². The summed E-state index contributed by atoms with van der Waals surface area (Å²) in [6.45, 7) is 0.352. The summed E-state index contributed by atoms with van der Waals surface area (Å²) in [7, 11) is 1.76. The number of thioether (sulfide) groups is 1. The molecular formula is C11H19N5O3S. The maximum Gasteiger partial charge on any atom is 0.326 e. The lowest BCUT2D eigenvalue weighted by atomic mass is 10.2. The molecule has 0 spiro atoms. The van der Waals surface area contributed by atoms with E-state index in [1.54, 1.807) is 18.1 Å². The van der Waals surface area contributed by atoms with E-state index >= 15 is 0 Å². The Morgan fingerprint density at radius 1 is 1.55 bits per heavy atom. The summed E-state index contributed by atoms with van der Waals surface area (Å²) in [5, 5.41) is 18.1. The molecule has 1 aromatic heterocycles. The van der Waals surface area contributed by atoms with Crippen molar-refractivity contribution in [2.45, 2.75) is 18.9 Å². The Labute approximate surface area is 121 Å². The van der Waals surface area contributed by atoms with Gasteiger partial charge < -0.3 is 15.7 Å². The van der Waals surface area contributed by atoms with Crippen molar-refractivity contribution in [3.05, 3.63) is 12.2 Å². The van der Waals surface area contributed by atoms with Gasteiger partial charge in [0, 0.05) is 20.0 Å². The Balaban J connectivity index is 2.28. The Hall–Kier alpha value is -1.77. The Bertz CT molecular complexity index is 451. The second-order valence-corrected chi connectivity index (χ2v) is 5.14. The number of carboxylic acid groups (broad SMARTS) is 1. The minimum Gasteiger partial charge on any atom is -0.480 e. The number of nitrogens with zero attached hydrogens (tertiary/aromatic N) is 3. The van der Waals surface area contributed by atoms with Crippen molar-refractivity contribution < 1.29 is 14.7 Å². The van der Waals surface area contributed by atoms with Crippen LogP contribution in [0.25, 0.3) is 0 Å². The van der Waals surface area contributed by atoms with E-state index in [1.165, 1.54) is 11.8 Å². The second-order valence-electron chi connectivity index (χ2n) is 4.16. The van der Waals surface area contributed by atoms with Crippen LogP contribution in [0.4, 0.5) is 4.79 Å². The van der Waals surface area contributed by atoms with E-state index in [1.807, 2.05) is 6.26 Å². The monoisotopic (exact) mass is 301 g/mol. The van der Waals surface area contributed by atoms with Crippen molar-refractivity contribution in [2.75, 3.05) is 18.6 Å². The quantitative estimate of drug-likeness (QED) is 0.617. The number of hydrogen-bond donors (Lipinski definition) is 3. The predicted octanol–water partition coefficient (Wildman–Crippen LogP) is -0.137. The highest BCUT2D eigenvalue weighted by molar-refractivity contribution is 7.98. The van der Waals surface area contributed by atoms with E-state index in [0.29, 0.717) is 31.0 Å². The van der Waals surface area contributed by atoms with Crippen molar-refractivity contribution in [1.82, 2.24) is 25.4 Å². The fourth-order valence-corrected chi connectivity index (χ4v) is 1.96. The lowest BCUT2D eigenvalue weighted by Crippen LogP contribution is -2.46. The lowest BCUT2D eigenvalue weighted by Gasteiger charge is -2.14. The largest absolute Gasteiger partial charge is 0.480 e. The fraction of sp³-hybridized carbons (Fsp3) is 0.636. The zero-order chi connectivity index (χ0) is 15.0. The molecule has 20 heavy (non-hydrogen) atoms. The molecule has 9 heteroatoms. The topological polar surface area (TPSA) is 109 Å². The number of hydrogen-bond acceptors (Lipinski definition) is 5. The molecule has 0 aromatic carbocycles. The van der Waals surface area contributed by atoms with E-state index in [4.69, 9.17) is 5.11 Å².